The fourth-order valence-corrected chi connectivity index (χ4v) is 2.91. The average Bonchev–Trinajstić information content (AvgIpc) is 2.86. The summed E-state index contributed by atoms with van der Waals surface area (Å²) in [4.78, 5) is 25.8. The standard InChI is InChI=1S/C13H22N2O3/c1-9-5-6-14-10(8-9)12(16)15-7-3-4-11(15)13(17)18-2/h9-11,14H,3-8H2,1-2H3. The summed E-state index contributed by atoms with van der Waals surface area (Å²) in [5.74, 6) is 0.346. The lowest BCUT2D eigenvalue weighted by Crippen LogP contribution is -2.52. The van der Waals surface area contributed by atoms with Crippen LogP contribution in [0.25, 0.3) is 0 Å². The van der Waals surface area contributed by atoms with Crippen molar-refractivity contribution in [2.45, 2.75) is 44.7 Å². The minimum absolute atomic E-state index is 0.0643. The number of hydrogen-bond acceptors (Lipinski definition) is 4. The first-order chi connectivity index (χ1) is 8.63. The largest absolute Gasteiger partial charge is 0.467 e. The molecular weight excluding hydrogens is 232 g/mol. The molecule has 2 saturated heterocycles. The Morgan fingerprint density at radius 1 is 1.33 bits per heavy atom. The van der Waals surface area contributed by atoms with Crippen LogP contribution < -0.4 is 5.32 Å². The second-order valence-corrected chi connectivity index (χ2v) is 5.35. The minimum atomic E-state index is -0.374. The number of esters is 1. The summed E-state index contributed by atoms with van der Waals surface area (Å²) in [6, 6.07) is -0.500. The van der Waals surface area contributed by atoms with E-state index in [-0.39, 0.29) is 24.0 Å². The lowest BCUT2D eigenvalue weighted by Gasteiger charge is -2.32. The van der Waals surface area contributed by atoms with Crippen LogP contribution in [0.4, 0.5) is 0 Å². The number of methoxy groups -OCH3 is 1. The van der Waals surface area contributed by atoms with E-state index in [1.165, 1.54) is 7.11 Å². The zero-order valence-corrected chi connectivity index (χ0v) is 11.1. The van der Waals surface area contributed by atoms with Gasteiger partial charge in [0.15, 0.2) is 0 Å². The first-order valence-corrected chi connectivity index (χ1v) is 6.75. The van der Waals surface area contributed by atoms with Gasteiger partial charge in [0, 0.05) is 6.54 Å². The Morgan fingerprint density at radius 2 is 2.11 bits per heavy atom. The molecule has 0 spiro atoms. The molecule has 5 nitrogen and oxygen atoms in total. The van der Waals surface area contributed by atoms with Crippen molar-refractivity contribution in [1.29, 1.82) is 0 Å². The molecule has 0 bridgehead atoms. The highest BCUT2D eigenvalue weighted by atomic mass is 16.5. The molecule has 18 heavy (non-hydrogen) atoms. The number of ether oxygens (including phenoxy) is 1. The van der Waals surface area contributed by atoms with Crippen LogP contribution in [0.2, 0.25) is 0 Å². The second-order valence-electron chi connectivity index (χ2n) is 5.35. The highest BCUT2D eigenvalue weighted by molar-refractivity contribution is 5.88. The van der Waals surface area contributed by atoms with Gasteiger partial charge in [0.2, 0.25) is 5.91 Å². The van der Waals surface area contributed by atoms with E-state index < -0.39 is 0 Å². The van der Waals surface area contributed by atoms with Crippen LogP contribution in [0, 0.1) is 5.92 Å². The van der Waals surface area contributed by atoms with Crippen molar-refractivity contribution >= 4 is 11.9 Å². The number of piperidine rings is 1. The number of carbonyl (C=O) groups excluding carboxylic acids is 2. The van der Waals surface area contributed by atoms with Gasteiger partial charge in [-0.1, -0.05) is 6.92 Å². The molecule has 5 heteroatoms. The van der Waals surface area contributed by atoms with Crippen molar-refractivity contribution in [3.05, 3.63) is 0 Å². The minimum Gasteiger partial charge on any atom is -0.467 e. The number of hydrogen-bond donors (Lipinski definition) is 1. The van der Waals surface area contributed by atoms with Crippen molar-refractivity contribution in [2.24, 2.45) is 5.92 Å². The summed E-state index contributed by atoms with van der Waals surface area (Å²) in [5.41, 5.74) is 0. The third-order valence-corrected chi connectivity index (χ3v) is 3.97. The van der Waals surface area contributed by atoms with E-state index in [0.717, 1.165) is 32.2 Å². The van der Waals surface area contributed by atoms with Crippen LogP contribution in [-0.4, -0.2) is 49.1 Å². The number of nitrogens with zero attached hydrogens (tertiary/aromatic N) is 1. The molecule has 2 fully saturated rings. The predicted octanol–water partition coefficient (Wildman–Crippen LogP) is 0.538. The van der Waals surface area contributed by atoms with Gasteiger partial charge in [-0.2, -0.15) is 0 Å². The van der Waals surface area contributed by atoms with E-state index in [2.05, 4.69) is 12.2 Å². The molecule has 0 radical (unpaired) electrons. The molecule has 2 heterocycles. The fraction of sp³-hybridized carbons (Fsp3) is 0.846. The van der Waals surface area contributed by atoms with Gasteiger partial charge < -0.3 is 15.0 Å². The van der Waals surface area contributed by atoms with Crippen molar-refractivity contribution in [3.8, 4) is 0 Å². The molecular formula is C13H22N2O3. The van der Waals surface area contributed by atoms with Crippen LogP contribution in [0.1, 0.15) is 32.6 Å². The van der Waals surface area contributed by atoms with Crippen LogP contribution in [0.5, 0.6) is 0 Å². The van der Waals surface area contributed by atoms with Gasteiger partial charge in [0.25, 0.3) is 0 Å². The molecule has 0 saturated carbocycles. The number of nitrogens with one attached hydrogen (secondary N) is 1. The topological polar surface area (TPSA) is 58.6 Å². The fourth-order valence-electron chi connectivity index (χ4n) is 2.91. The summed E-state index contributed by atoms with van der Waals surface area (Å²) in [5, 5.41) is 3.26. The smallest absolute Gasteiger partial charge is 0.328 e. The summed E-state index contributed by atoms with van der Waals surface area (Å²) < 4.78 is 4.77. The lowest BCUT2D eigenvalue weighted by molar-refractivity contribution is -0.151. The Balaban J connectivity index is 2.01. The maximum absolute atomic E-state index is 12.4. The second kappa shape index (κ2) is 5.69. The molecule has 2 rings (SSSR count). The average molecular weight is 254 g/mol. The molecule has 3 atom stereocenters. The van der Waals surface area contributed by atoms with Crippen LogP contribution in [-0.2, 0) is 14.3 Å². The van der Waals surface area contributed by atoms with Gasteiger partial charge in [-0.25, -0.2) is 4.79 Å². The highest BCUT2D eigenvalue weighted by Gasteiger charge is 2.38. The van der Waals surface area contributed by atoms with E-state index >= 15 is 0 Å². The SMILES string of the molecule is COC(=O)C1CCCN1C(=O)C1CC(C)CCN1. The third-order valence-electron chi connectivity index (χ3n) is 3.97. The molecule has 2 aliphatic heterocycles. The number of rotatable bonds is 2. The lowest BCUT2D eigenvalue weighted by atomic mass is 9.93. The molecule has 1 amide bonds. The van der Waals surface area contributed by atoms with Crippen molar-refractivity contribution in [3.63, 3.8) is 0 Å². The Morgan fingerprint density at radius 3 is 2.78 bits per heavy atom. The molecule has 3 unspecified atom stereocenters. The Hall–Kier alpha value is -1.10. The molecule has 0 aromatic heterocycles. The van der Waals surface area contributed by atoms with Crippen molar-refractivity contribution < 1.29 is 14.3 Å². The summed E-state index contributed by atoms with van der Waals surface area (Å²) >= 11 is 0. The van der Waals surface area contributed by atoms with Gasteiger partial charge in [-0.15, -0.1) is 0 Å². The van der Waals surface area contributed by atoms with Gasteiger partial charge >= 0.3 is 5.97 Å². The van der Waals surface area contributed by atoms with E-state index in [0.29, 0.717) is 12.5 Å². The Kier molecular flexibility index (Phi) is 4.22. The van der Waals surface area contributed by atoms with E-state index in [4.69, 9.17) is 4.74 Å². The van der Waals surface area contributed by atoms with Crippen LogP contribution in [0.3, 0.4) is 0 Å². The van der Waals surface area contributed by atoms with Gasteiger partial charge in [0.1, 0.15) is 6.04 Å². The van der Waals surface area contributed by atoms with Crippen LogP contribution in [0.15, 0.2) is 0 Å². The van der Waals surface area contributed by atoms with Crippen LogP contribution >= 0.6 is 0 Å². The first kappa shape index (κ1) is 13.3. The zero-order valence-electron chi connectivity index (χ0n) is 11.1. The van der Waals surface area contributed by atoms with Gasteiger partial charge in [-0.3, -0.25) is 4.79 Å². The Labute approximate surface area is 108 Å². The van der Waals surface area contributed by atoms with Crippen molar-refractivity contribution in [2.75, 3.05) is 20.2 Å². The van der Waals surface area contributed by atoms with E-state index in [1.54, 1.807) is 4.90 Å². The molecule has 0 aromatic rings. The third kappa shape index (κ3) is 2.66. The molecule has 1 N–H and O–H groups in total. The summed E-state index contributed by atoms with van der Waals surface area (Å²) in [7, 11) is 1.38. The Bertz CT molecular complexity index is 332. The normalized spacial score (nSPS) is 32.3. The first-order valence-electron chi connectivity index (χ1n) is 6.75. The number of carbonyl (C=O) groups is 2. The van der Waals surface area contributed by atoms with E-state index in [9.17, 15) is 9.59 Å². The molecule has 102 valence electrons. The molecule has 2 aliphatic rings. The number of likely N-dealkylation sites (tertiary alicyclic amines) is 1. The summed E-state index contributed by atoms with van der Waals surface area (Å²) in [6.45, 7) is 3.72. The summed E-state index contributed by atoms with van der Waals surface area (Å²) in [6.07, 6.45) is 3.59. The molecule has 0 aliphatic carbocycles. The van der Waals surface area contributed by atoms with Gasteiger partial charge in [0.05, 0.1) is 13.2 Å². The number of amides is 1. The highest BCUT2D eigenvalue weighted by Crippen LogP contribution is 2.23. The monoisotopic (exact) mass is 254 g/mol. The quantitative estimate of drug-likeness (QED) is 0.731. The van der Waals surface area contributed by atoms with Gasteiger partial charge in [-0.05, 0) is 38.1 Å². The predicted molar refractivity (Wildman–Crippen MR) is 66.9 cm³/mol. The maximum atomic E-state index is 12.4. The zero-order chi connectivity index (χ0) is 13.1. The molecule has 0 aromatic carbocycles. The van der Waals surface area contributed by atoms with Crippen molar-refractivity contribution in [1.82, 2.24) is 10.2 Å². The maximum Gasteiger partial charge on any atom is 0.328 e. The van der Waals surface area contributed by atoms with E-state index in [1.807, 2.05) is 0 Å².